The molecule has 1 unspecified atom stereocenters. The molecule has 0 bridgehead atoms. The summed E-state index contributed by atoms with van der Waals surface area (Å²) >= 11 is 0. The molecule has 90 valence electrons. The molecule has 1 atom stereocenters. The summed E-state index contributed by atoms with van der Waals surface area (Å²) in [5.41, 5.74) is -5.42. The van der Waals surface area contributed by atoms with Crippen LogP contribution in [0.4, 0.5) is 13.2 Å². The summed E-state index contributed by atoms with van der Waals surface area (Å²) < 4.78 is 58.0. The van der Waals surface area contributed by atoms with E-state index in [0.29, 0.717) is 0 Å². The number of carboxylic acids is 1. The second kappa shape index (κ2) is 4.79. The fourth-order valence-corrected chi connectivity index (χ4v) is 1.59. The van der Waals surface area contributed by atoms with Crippen LogP contribution in [0.5, 0.6) is 0 Å². The van der Waals surface area contributed by atoms with Gasteiger partial charge in [0.15, 0.2) is 0 Å². The molecule has 0 aliphatic rings. The van der Waals surface area contributed by atoms with Gasteiger partial charge < -0.3 is 5.11 Å². The molecule has 0 fully saturated rings. The van der Waals surface area contributed by atoms with Crippen LogP contribution in [-0.2, 0) is 14.8 Å². The topological polar surface area (TPSA) is 83.5 Å². The number of sulfonamides is 1. The molecule has 0 heterocycles. The number of aliphatic carboxylic acids is 1. The summed E-state index contributed by atoms with van der Waals surface area (Å²) in [5.74, 6) is -1.37. The van der Waals surface area contributed by atoms with Gasteiger partial charge in [-0.25, -0.2) is 13.1 Å². The van der Waals surface area contributed by atoms with Gasteiger partial charge in [0, 0.05) is 6.04 Å². The molecule has 0 spiro atoms. The van der Waals surface area contributed by atoms with Gasteiger partial charge in [-0.05, 0) is 6.42 Å². The third-order valence-corrected chi connectivity index (χ3v) is 2.79. The average Bonchev–Trinajstić information content (AvgIpc) is 1.99. The molecule has 0 aromatic carbocycles. The van der Waals surface area contributed by atoms with Crippen LogP contribution in [0.15, 0.2) is 0 Å². The second-order valence-corrected chi connectivity index (χ2v) is 4.48. The Kier molecular flexibility index (Phi) is 4.53. The lowest BCUT2D eigenvalue weighted by Gasteiger charge is -2.16. The zero-order chi connectivity index (χ0) is 12.3. The van der Waals surface area contributed by atoms with Crippen LogP contribution in [0.25, 0.3) is 0 Å². The largest absolute Gasteiger partial charge is 0.511 e. The van der Waals surface area contributed by atoms with Crippen LogP contribution in [0, 0.1) is 0 Å². The van der Waals surface area contributed by atoms with E-state index in [1.807, 2.05) is 0 Å². The van der Waals surface area contributed by atoms with Crippen LogP contribution >= 0.6 is 0 Å². The first kappa shape index (κ1) is 14.2. The van der Waals surface area contributed by atoms with E-state index in [9.17, 15) is 26.4 Å². The molecule has 0 aromatic heterocycles. The van der Waals surface area contributed by atoms with E-state index in [1.54, 1.807) is 0 Å². The van der Waals surface area contributed by atoms with E-state index in [-0.39, 0.29) is 6.42 Å². The number of nitrogens with one attached hydrogen (secondary N) is 1. The van der Waals surface area contributed by atoms with Crippen molar-refractivity contribution in [1.29, 1.82) is 0 Å². The highest BCUT2D eigenvalue weighted by Gasteiger charge is 2.46. The summed E-state index contributed by atoms with van der Waals surface area (Å²) in [5, 5.41) is 8.30. The fourth-order valence-electron chi connectivity index (χ4n) is 0.766. The minimum atomic E-state index is -5.47. The predicted octanol–water partition coefficient (Wildman–Crippen LogP) is 0.679. The monoisotopic (exact) mass is 249 g/mol. The maximum Gasteiger partial charge on any atom is 0.511 e. The van der Waals surface area contributed by atoms with Crippen molar-refractivity contribution in [2.75, 3.05) is 0 Å². The van der Waals surface area contributed by atoms with Gasteiger partial charge in [0.25, 0.3) is 0 Å². The summed E-state index contributed by atoms with van der Waals surface area (Å²) in [7, 11) is -5.47. The Morgan fingerprint density at radius 1 is 1.47 bits per heavy atom. The van der Waals surface area contributed by atoms with Crippen LogP contribution < -0.4 is 4.72 Å². The number of hydrogen-bond acceptors (Lipinski definition) is 3. The van der Waals surface area contributed by atoms with E-state index in [2.05, 4.69) is 0 Å². The van der Waals surface area contributed by atoms with Gasteiger partial charge in [0.05, 0.1) is 6.42 Å². The fraction of sp³-hybridized carbons (Fsp3) is 0.833. The van der Waals surface area contributed by atoms with E-state index >= 15 is 0 Å². The van der Waals surface area contributed by atoms with Crippen LogP contribution in [0.3, 0.4) is 0 Å². The zero-order valence-electron chi connectivity index (χ0n) is 7.71. The maximum absolute atomic E-state index is 11.9. The molecular formula is C6H10F3NO4S. The van der Waals surface area contributed by atoms with Gasteiger partial charge in [0.2, 0.25) is 0 Å². The molecule has 0 aliphatic carbocycles. The molecule has 5 nitrogen and oxygen atoms in total. The van der Waals surface area contributed by atoms with Crippen molar-refractivity contribution in [3.8, 4) is 0 Å². The van der Waals surface area contributed by atoms with Crippen molar-refractivity contribution in [2.24, 2.45) is 0 Å². The summed E-state index contributed by atoms with van der Waals surface area (Å²) in [6, 6.07) is -1.26. The lowest BCUT2D eigenvalue weighted by molar-refractivity contribution is -0.137. The van der Waals surface area contributed by atoms with Crippen LogP contribution in [0.2, 0.25) is 0 Å². The highest BCUT2D eigenvalue weighted by atomic mass is 32.2. The smallest absolute Gasteiger partial charge is 0.481 e. The van der Waals surface area contributed by atoms with Gasteiger partial charge in [0.1, 0.15) is 0 Å². The van der Waals surface area contributed by atoms with Crippen molar-refractivity contribution in [3.63, 3.8) is 0 Å². The van der Waals surface area contributed by atoms with E-state index in [0.717, 1.165) is 0 Å². The Morgan fingerprint density at radius 3 is 2.20 bits per heavy atom. The molecule has 0 amide bonds. The van der Waals surface area contributed by atoms with E-state index in [4.69, 9.17) is 5.11 Å². The molecule has 0 rings (SSSR count). The standard InChI is InChI=1S/C6H10F3NO4S/c1-2-4(3-5(11)12)10-15(13,14)6(7,8)9/h4,10H,2-3H2,1H3,(H,11,12). The normalized spacial score (nSPS) is 14.9. The molecule has 0 saturated carbocycles. The first-order valence-corrected chi connectivity index (χ1v) is 5.39. The molecule has 0 saturated heterocycles. The molecule has 0 aromatic rings. The third kappa shape index (κ3) is 4.47. The summed E-state index contributed by atoms with van der Waals surface area (Å²) in [6.07, 6.45) is -0.729. The summed E-state index contributed by atoms with van der Waals surface area (Å²) in [6.45, 7) is 1.38. The van der Waals surface area contributed by atoms with Gasteiger partial charge in [-0.3, -0.25) is 4.79 Å². The molecule has 0 radical (unpaired) electrons. The quantitative estimate of drug-likeness (QED) is 0.750. The number of halogens is 3. The molecule has 2 N–H and O–H groups in total. The van der Waals surface area contributed by atoms with Gasteiger partial charge in [-0.2, -0.15) is 13.2 Å². The predicted molar refractivity (Wildman–Crippen MR) is 44.4 cm³/mol. The lowest BCUT2D eigenvalue weighted by Crippen LogP contribution is -2.43. The molecule has 0 aliphatic heterocycles. The van der Waals surface area contributed by atoms with Crippen LogP contribution in [0.1, 0.15) is 19.8 Å². The summed E-state index contributed by atoms with van der Waals surface area (Å²) in [4.78, 5) is 10.2. The Morgan fingerprint density at radius 2 is 1.93 bits per heavy atom. The first-order valence-electron chi connectivity index (χ1n) is 3.90. The Labute approximate surface area is 84.3 Å². The van der Waals surface area contributed by atoms with Crippen molar-refractivity contribution in [1.82, 2.24) is 4.72 Å². The second-order valence-electron chi connectivity index (χ2n) is 2.77. The highest BCUT2D eigenvalue weighted by Crippen LogP contribution is 2.22. The van der Waals surface area contributed by atoms with Crippen molar-refractivity contribution < 1.29 is 31.5 Å². The number of carboxylic acid groups (broad SMARTS) is 1. The number of alkyl halides is 3. The van der Waals surface area contributed by atoms with Gasteiger partial charge in [-0.15, -0.1) is 0 Å². The third-order valence-electron chi connectivity index (χ3n) is 1.54. The minimum absolute atomic E-state index is 0.0401. The zero-order valence-corrected chi connectivity index (χ0v) is 8.52. The SMILES string of the molecule is CCC(CC(=O)O)NS(=O)(=O)C(F)(F)F. The molecule has 15 heavy (non-hydrogen) atoms. The highest BCUT2D eigenvalue weighted by molar-refractivity contribution is 7.90. The Bertz CT molecular complexity index is 324. The number of rotatable bonds is 5. The molecule has 9 heteroatoms. The lowest BCUT2D eigenvalue weighted by atomic mass is 10.2. The van der Waals surface area contributed by atoms with E-state index in [1.165, 1.54) is 11.6 Å². The van der Waals surface area contributed by atoms with Crippen molar-refractivity contribution >= 4 is 16.0 Å². The van der Waals surface area contributed by atoms with Crippen LogP contribution in [-0.4, -0.2) is 31.0 Å². The minimum Gasteiger partial charge on any atom is -0.481 e. The maximum atomic E-state index is 11.9. The molecular weight excluding hydrogens is 239 g/mol. The van der Waals surface area contributed by atoms with E-state index < -0.39 is 34.0 Å². The van der Waals surface area contributed by atoms with Gasteiger partial charge in [-0.1, -0.05) is 6.92 Å². The average molecular weight is 249 g/mol. The van der Waals surface area contributed by atoms with Crippen molar-refractivity contribution in [3.05, 3.63) is 0 Å². The van der Waals surface area contributed by atoms with Gasteiger partial charge >= 0.3 is 21.5 Å². The van der Waals surface area contributed by atoms with Crippen molar-refractivity contribution in [2.45, 2.75) is 31.3 Å². The Hall–Kier alpha value is -0.830. The first-order chi connectivity index (χ1) is 6.60. The number of carbonyl (C=O) groups is 1. The Balaban J connectivity index is 4.63. The number of hydrogen-bond donors (Lipinski definition) is 2.